The Morgan fingerprint density at radius 2 is 1.73 bits per heavy atom. The van der Waals surface area contributed by atoms with Crippen LogP contribution in [0.25, 0.3) is 16.6 Å². The van der Waals surface area contributed by atoms with Crippen LogP contribution >= 0.6 is 0 Å². The number of aryl methyl sites for hydroxylation is 1. The van der Waals surface area contributed by atoms with Crippen molar-refractivity contribution in [2.75, 3.05) is 7.05 Å². The van der Waals surface area contributed by atoms with Gasteiger partial charge in [0.2, 0.25) is 5.91 Å². The van der Waals surface area contributed by atoms with E-state index in [-0.39, 0.29) is 23.4 Å². The normalized spacial score (nSPS) is 15.8. The fraction of sp³-hybridized carbons (Fsp3) is 0.400. The largest absolute Gasteiger partial charge is 0.336 e. The molecule has 0 saturated heterocycles. The van der Waals surface area contributed by atoms with Gasteiger partial charge in [0.15, 0.2) is 0 Å². The predicted molar refractivity (Wildman–Crippen MR) is 120 cm³/mol. The van der Waals surface area contributed by atoms with Gasteiger partial charge in [-0.1, -0.05) is 49.1 Å². The number of aromatic nitrogens is 2. The Kier molecular flexibility index (Phi) is 5.71. The van der Waals surface area contributed by atoms with Crippen molar-refractivity contribution in [3.63, 3.8) is 0 Å². The van der Waals surface area contributed by atoms with Gasteiger partial charge in [0.1, 0.15) is 5.82 Å². The summed E-state index contributed by atoms with van der Waals surface area (Å²) in [7, 11) is 1.84. The Morgan fingerprint density at radius 3 is 2.43 bits per heavy atom. The Morgan fingerprint density at radius 1 is 1.07 bits per heavy atom. The highest BCUT2D eigenvalue weighted by molar-refractivity contribution is 5.80. The highest BCUT2D eigenvalue weighted by atomic mass is 16.2. The molecule has 1 aliphatic carbocycles. The molecule has 5 heteroatoms. The van der Waals surface area contributed by atoms with E-state index in [1.165, 1.54) is 6.42 Å². The lowest BCUT2D eigenvalue weighted by molar-refractivity contribution is -0.137. The number of hydrogen-bond donors (Lipinski definition) is 0. The van der Waals surface area contributed by atoms with Crippen LogP contribution in [0.5, 0.6) is 0 Å². The molecule has 1 heterocycles. The van der Waals surface area contributed by atoms with Gasteiger partial charge in [-0.2, -0.15) is 0 Å². The number of fused-ring (bicyclic) bond motifs is 1. The summed E-state index contributed by atoms with van der Waals surface area (Å²) in [6.45, 7) is 3.98. The third kappa shape index (κ3) is 3.76. The monoisotopic (exact) mass is 403 g/mol. The highest BCUT2D eigenvalue weighted by Crippen LogP contribution is 2.29. The van der Waals surface area contributed by atoms with Gasteiger partial charge in [-0.25, -0.2) is 4.98 Å². The van der Waals surface area contributed by atoms with Crippen molar-refractivity contribution in [2.24, 2.45) is 5.92 Å². The lowest BCUT2D eigenvalue weighted by Gasteiger charge is -2.31. The number of carbonyl (C=O) groups excluding carboxylic acids is 1. The predicted octanol–water partition coefficient (Wildman–Crippen LogP) is 4.79. The fourth-order valence-corrected chi connectivity index (χ4v) is 4.38. The second-order valence-corrected chi connectivity index (χ2v) is 8.42. The summed E-state index contributed by atoms with van der Waals surface area (Å²) >= 11 is 0. The van der Waals surface area contributed by atoms with Gasteiger partial charge in [0.25, 0.3) is 5.56 Å². The van der Waals surface area contributed by atoms with Crippen LogP contribution in [0, 0.1) is 12.8 Å². The third-order valence-corrected chi connectivity index (χ3v) is 6.35. The molecule has 30 heavy (non-hydrogen) atoms. The van der Waals surface area contributed by atoms with E-state index < -0.39 is 0 Å². The molecule has 1 fully saturated rings. The van der Waals surface area contributed by atoms with Crippen LogP contribution in [0.3, 0.4) is 0 Å². The molecule has 1 atom stereocenters. The number of carbonyl (C=O) groups is 1. The van der Waals surface area contributed by atoms with E-state index in [9.17, 15) is 9.59 Å². The summed E-state index contributed by atoms with van der Waals surface area (Å²) in [4.78, 5) is 33.2. The van der Waals surface area contributed by atoms with Gasteiger partial charge < -0.3 is 4.90 Å². The first-order chi connectivity index (χ1) is 14.5. The summed E-state index contributed by atoms with van der Waals surface area (Å²) in [5.41, 5.74) is 2.44. The Balaban J connectivity index is 1.82. The summed E-state index contributed by atoms with van der Waals surface area (Å²) in [5.74, 6) is 0.820. The number of benzene rings is 2. The quantitative estimate of drug-likeness (QED) is 0.629. The molecule has 3 aromatic rings. The number of amides is 1. The Hall–Kier alpha value is -2.95. The minimum absolute atomic E-state index is 0.0752. The SMILES string of the molecule is Cc1ccc(-n2c(C(C)N(C)C(=O)C3CCCCC3)nc3ccccc3c2=O)cc1. The molecule has 0 aliphatic heterocycles. The molecule has 0 radical (unpaired) electrons. The first kappa shape index (κ1) is 20.3. The lowest BCUT2D eigenvalue weighted by atomic mass is 9.88. The van der Waals surface area contributed by atoms with Gasteiger partial charge in [-0.3, -0.25) is 14.2 Å². The lowest BCUT2D eigenvalue weighted by Crippen LogP contribution is -2.38. The first-order valence-corrected chi connectivity index (χ1v) is 10.8. The highest BCUT2D eigenvalue weighted by Gasteiger charge is 2.29. The van der Waals surface area contributed by atoms with Crippen molar-refractivity contribution in [2.45, 2.75) is 52.0 Å². The maximum absolute atomic E-state index is 13.5. The van der Waals surface area contributed by atoms with Crippen molar-refractivity contribution < 1.29 is 4.79 Å². The van der Waals surface area contributed by atoms with Crippen molar-refractivity contribution in [3.8, 4) is 5.69 Å². The molecule has 4 rings (SSSR count). The zero-order valence-electron chi connectivity index (χ0n) is 18.0. The van der Waals surface area contributed by atoms with Gasteiger partial charge in [0, 0.05) is 13.0 Å². The van der Waals surface area contributed by atoms with Gasteiger partial charge in [-0.15, -0.1) is 0 Å². The van der Waals surface area contributed by atoms with Gasteiger partial charge in [-0.05, 0) is 51.0 Å². The molecule has 1 unspecified atom stereocenters. The average molecular weight is 404 g/mol. The molecular weight excluding hydrogens is 374 g/mol. The Labute approximate surface area is 177 Å². The summed E-state index contributed by atoms with van der Waals surface area (Å²) in [6.07, 6.45) is 5.34. The van der Waals surface area contributed by atoms with Crippen LogP contribution < -0.4 is 5.56 Å². The van der Waals surface area contributed by atoms with Crippen molar-refractivity contribution >= 4 is 16.8 Å². The smallest absolute Gasteiger partial charge is 0.266 e. The van der Waals surface area contributed by atoms with E-state index in [4.69, 9.17) is 4.98 Å². The second-order valence-electron chi connectivity index (χ2n) is 8.42. The molecule has 2 aromatic carbocycles. The topological polar surface area (TPSA) is 55.2 Å². The molecule has 1 saturated carbocycles. The molecule has 156 valence electrons. The van der Waals surface area contributed by atoms with Crippen LogP contribution in [-0.2, 0) is 4.79 Å². The van der Waals surface area contributed by atoms with Crippen molar-refractivity contribution in [1.82, 2.24) is 14.5 Å². The third-order valence-electron chi connectivity index (χ3n) is 6.35. The Bertz CT molecular complexity index is 1110. The maximum atomic E-state index is 13.5. The molecule has 5 nitrogen and oxygen atoms in total. The second kappa shape index (κ2) is 8.42. The molecule has 1 aromatic heterocycles. The van der Waals surface area contributed by atoms with Crippen LogP contribution in [0.1, 0.15) is 56.5 Å². The summed E-state index contributed by atoms with van der Waals surface area (Å²) < 4.78 is 1.66. The minimum Gasteiger partial charge on any atom is -0.336 e. The molecule has 0 bridgehead atoms. The summed E-state index contributed by atoms with van der Waals surface area (Å²) in [6, 6.07) is 14.9. The van der Waals surface area contributed by atoms with E-state index in [1.54, 1.807) is 15.5 Å². The number of rotatable bonds is 4. The van der Waals surface area contributed by atoms with E-state index in [0.29, 0.717) is 16.7 Å². The fourth-order valence-electron chi connectivity index (χ4n) is 4.38. The maximum Gasteiger partial charge on any atom is 0.266 e. The van der Waals surface area contributed by atoms with Crippen LogP contribution in [-0.4, -0.2) is 27.4 Å². The van der Waals surface area contributed by atoms with E-state index in [0.717, 1.165) is 36.9 Å². The number of nitrogens with zero attached hydrogens (tertiary/aromatic N) is 3. The van der Waals surface area contributed by atoms with Crippen LogP contribution in [0.15, 0.2) is 53.3 Å². The summed E-state index contributed by atoms with van der Waals surface area (Å²) in [5, 5.41) is 0.579. The molecule has 1 amide bonds. The molecule has 1 aliphatic rings. The van der Waals surface area contributed by atoms with Crippen LogP contribution in [0.4, 0.5) is 0 Å². The molecule has 0 N–H and O–H groups in total. The van der Waals surface area contributed by atoms with Gasteiger partial charge >= 0.3 is 0 Å². The first-order valence-electron chi connectivity index (χ1n) is 10.8. The number of para-hydroxylation sites is 1. The van der Waals surface area contributed by atoms with Crippen LogP contribution in [0.2, 0.25) is 0 Å². The number of hydrogen-bond acceptors (Lipinski definition) is 3. The van der Waals surface area contributed by atoms with Crippen molar-refractivity contribution in [3.05, 3.63) is 70.3 Å². The minimum atomic E-state index is -0.321. The molecular formula is C25H29N3O2. The van der Waals surface area contributed by atoms with Crippen molar-refractivity contribution in [1.29, 1.82) is 0 Å². The average Bonchev–Trinajstić information content (AvgIpc) is 2.79. The van der Waals surface area contributed by atoms with E-state index >= 15 is 0 Å². The standard InChI is InChI=1S/C25H29N3O2/c1-17-13-15-20(16-14-17)28-23(26-22-12-8-7-11-21(22)25(28)30)18(2)27(3)24(29)19-9-5-4-6-10-19/h7-8,11-16,18-19H,4-6,9-10H2,1-3H3. The zero-order valence-corrected chi connectivity index (χ0v) is 18.0. The van der Waals surface area contributed by atoms with E-state index in [2.05, 4.69) is 0 Å². The van der Waals surface area contributed by atoms with Gasteiger partial charge in [0.05, 0.1) is 22.6 Å². The van der Waals surface area contributed by atoms with E-state index in [1.807, 2.05) is 63.4 Å². The zero-order chi connectivity index (χ0) is 21.3. The molecule has 0 spiro atoms.